The van der Waals surface area contributed by atoms with Crippen molar-refractivity contribution in [3.8, 4) is 0 Å². The van der Waals surface area contributed by atoms with Crippen LogP contribution in [0.1, 0.15) is 24.8 Å². The lowest BCUT2D eigenvalue weighted by molar-refractivity contribution is -0.137. The Morgan fingerprint density at radius 2 is 1.62 bits per heavy atom. The van der Waals surface area contributed by atoms with Gasteiger partial charge >= 0.3 is 12.4 Å². The number of aromatic nitrogens is 1. The molecule has 0 fully saturated rings. The van der Waals surface area contributed by atoms with Crippen LogP contribution in [-0.4, -0.2) is 24.8 Å². The Morgan fingerprint density at radius 3 is 2.14 bits per heavy atom. The van der Waals surface area contributed by atoms with Gasteiger partial charge in [0.1, 0.15) is 11.6 Å². The summed E-state index contributed by atoms with van der Waals surface area (Å²) in [7, 11) is 1.43. The minimum Gasteiger partial charge on any atom is -0.373 e. The lowest BCUT2D eigenvalue weighted by Crippen LogP contribution is -2.11. The normalized spacial score (nSPS) is 12.3. The van der Waals surface area contributed by atoms with E-state index >= 15 is 0 Å². The van der Waals surface area contributed by atoms with Crippen LogP contribution in [0.5, 0.6) is 0 Å². The zero-order chi connectivity index (χ0) is 16.1. The third-order valence-corrected chi connectivity index (χ3v) is 2.60. The molecule has 21 heavy (non-hydrogen) atoms. The molecule has 3 nitrogen and oxygen atoms in total. The van der Waals surface area contributed by atoms with Crippen LogP contribution in [-0.2, 0) is 6.18 Å². The highest BCUT2D eigenvalue weighted by Gasteiger charge is 2.31. The van der Waals surface area contributed by atoms with Crippen LogP contribution in [0.25, 0.3) is 0 Å². The number of rotatable bonds is 6. The molecular weight excluding hydrogens is 300 g/mol. The molecule has 0 radical (unpaired) electrons. The molecule has 0 aliphatic rings. The Kier molecular flexibility index (Phi) is 5.68. The van der Waals surface area contributed by atoms with Gasteiger partial charge in [0.25, 0.3) is 0 Å². The molecule has 0 spiro atoms. The molecule has 0 aromatic carbocycles. The molecule has 0 unspecified atom stereocenters. The van der Waals surface area contributed by atoms with Crippen LogP contribution >= 0.6 is 0 Å². The Hall–Kier alpha value is -1.67. The zero-order valence-corrected chi connectivity index (χ0v) is 11.2. The Balaban J connectivity index is 2.59. The van der Waals surface area contributed by atoms with Gasteiger partial charge in [0, 0.05) is 20.0 Å². The van der Waals surface area contributed by atoms with E-state index in [1.54, 1.807) is 0 Å². The number of unbranched alkanes of at least 4 members (excludes halogenated alkanes) is 1. The van der Waals surface area contributed by atoms with E-state index in [2.05, 4.69) is 15.6 Å². The highest BCUT2D eigenvalue weighted by Crippen LogP contribution is 2.32. The van der Waals surface area contributed by atoms with Gasteiger partial charge in [-0.05, 0) is 25.0 Å². The molecule has 0 saturated heterocycles. The molecule has 0 atom stereocenters. The SMILES string of the molecule is CNc1cc(C(F)(F)F)cc(NCCCCC(F)(F)F)n1. The number of nitrogens with zero attached hydrogens (tertiary/aromatic N) is 1. The van der Waals surface area contributed by atoms with Crippen molar-refractivity contribution in [2.75, 3.05) is 24.2 Å². The average Bonchev–Trinajstić information content (AvgIpc) is 2.35. The molecule has 1 heterocycles. The van der Waals surface area contributed by atoms with Crippen molar-refractivity contribution < 1.29 is 26.3 Å². The molecule has 0 bridgehead atoms. The highest BCUT2D eigenvalue weighted by molar-refractivity contribution is 5.49. The van der Waals surface area contributed by atoms with Gasteiger partial charge in [-0.1, -0.05) is 0 Å². The molecule has 1 aromatic heterocycles. The third-order valence-electron chi connectivity index (χ3n) is 2.60. The van der Waals surface area contributed by atoms with Crippen LogP contribution < -0.4 is 10.6 Å². The van der Waals surface area contributed by atoms with Crippen molar-refractivity contribution in [3.05, 3.63) is 17.7 Å². The Labute approximate surface area is 117 Å². The summed E-state index contributed by atoms with van der Waals surface area (Å²) in [4.78, 5) is 3.87. The number of alkyl halides is 6. The molecule has 0 saturated carbocycles. The van der Waals surface area contributed by atoms with E-state index in [-0.39, 0.29) is 31.0 Å². The molecular formula is C12H15F6N3. The van der Waals surface area contributed by atoms with E-state index in [1.165, 1.54) is 7.05 Å². The fourth-order valence-corrected chi connectivity index (χ4v) is 1.58. The van der Waals surface area contributed by atoms with Gasteiger partial charge in [0.2, 0.25) is 0 Å². The average molecular weight is 315 g/mol. The van der Waals surface area contributed by atoms with Gasteiger partial charge < -0.3 is 10.6 Å². The monoisotopic (exact) mass is 315 g/mol. The number of hydrogen-bond donors (Lipinski definition) is 2. The maximum absolute atomic E-state index is 12.7. The number of nitrogens with one attached hydrogen (secondary N) is 2. The summed E-state index contributed by atoms with van der Waals surface area (Å²) < 4.78 is 73.7. The predicted molar refractivity (Wildman–Crippen MR) is 67.2 cm³/mol. The predicted octanol–water partition coefficient (Wildman–Crippen LogP) is 4.29. The quantitative estimate of drug-likeness (QED) is 0.607. The summed E-state index contributed by atoms with van der Waals surface area (Å²) in [6.07, 6.45) is -9.54. The molecule has 9 heteroatoms. The van der Waals surface area contributed by atoms with Crippen LogP contribution in [0.4, 0.5) is 38.0 Å². The molecule has 0 aliphatic carbocycles. The standard InChI is InChI=1S/C12H15F6N3/c1-19-9-6-8(12(16,17)18)7-10(21-9)20-5-3-2-4-11(13,14)15/h6-7H,2-5H2,1H3,(H2,19,20,21). The topological polar surface area (TPSA) is 37.0 Å². The van der Waals surface area contributed by atoms with Crippen molar-refractivity contribution in [1.82, 2.24) is 4.98 Å². The largest absolute Gasteiger partial charge is 0.416 e. The first-order valence-electron chi connectivity index (χ1n) is 6.19. The van der Waals surface area contributed by atoms with Gasteiger partial charge in [-0.15, -0.1) is 0 Å². The van der Waals surface area contributed by atoms with E-state index in [1.807, 2.05) is 0 Å². The molecule has 0 amide bonds. The smallest absolute Gasteiger partial charge is 0.373 e. The fourth-order valence-electron chi connectivity index (χ4n) is 1.58. The van der Waals surface area contributed by atoms with Crippen molar-refractivity contribution >= 4 is 11.6 Å². The second-order valence-corrected chi connectivity index (χ2v) is 4.37. The summed E-state index contributed by atoms with van der Waals surface area (Å²) >= 11 is 0. The fraction of sp³-hybridized carbons (Fsp3) is 0.583. The van der Waals surface area contributed by atoms with E-state index in [0.29, 0.717) is 0 Å². The summed E-state index contributed by atoms with van der Waals surface area (Å²) in [6, 6.07) is 1.68. The van der Waals surface area contributed by atoms with Crippen molar-refractivity contribution in [2.24, 2.45) is 0 Å². The van der Waals surface area contributed by atoms with E-state index in [0.717, 1.165) is 12.1 Å². The van der Waals surface area contributed by atoms with Crippen molar-refractivity contribution in [2.45, 2.75) is 31.6 Å². The number of pyridine rings is 1. The first-order chi connectivity index (χ1) is 9.62. The van der Waals surface area contributed by atoms with Gasteiger partial charge in [-0.3, -0.25) is 0 Å². The van der Waals surface area contributed by atoms with Gasteiger partial charge in [0.05, 0.1) is 5.56 Å². The summed E-state index contributed by atoms with van der Waals surface area (Å²) in [5.74, 6) is 0.00352. The molecule has 2 N–H and O–H groups in total. The maximum atomic E-state index is 12.7. The minimum atomic E-state index is -4.51. The van der Waals surface area contributed by atoms with E-state index in [9.17, 15) is 26.3 Å². The van der Waals surface area contributed by atoms with Crippen LogP contribution in [0.3, 0.4) is 0 Å². The lowest BCUT2D eigenvalue weighted by atomic mass is 10.2. The number of anilines is 2. The highest BCUT2D eigenvalue weighted by atomic mass is 19.4. The number of halogens is 6. The zero-order valence-electron chi connectivity index (χ0n) is 11.2. The second kappa shape index (κ2) is 6.86. The Bertz CT molecular complexity index is 455. The second-order valence-electron chi connectivity index (χ2n) is 4.37. The maximum Gasteiger partial charge on any atom is 0.416 e. The summed E-state index contributed by atoms with van der Waals surface area (Å²) in [6.45, 7) is 0.119. The van der Waals surface area contributed by atoms with Gasteiger partial charge in [0.15, 0.2) is 0 Å². The molecule has 0 aliphatic heterocycles. The molecule has 1 aromatic rings. The Morgan fingerprint density at radius 1 is 1.00 bits per heavy atom. The molecule has 120 valence electrons. The van der Waals surface area contributed by atoms with Gasteiger partial charge in [-0.2, -0.15) is 26.3 Å². The van der Waals surface area contributed by atoms with Gasteiger partial charge in [-0.25, -0.2) is 4.98 Å². The van der Waals surface area contributed by atoms with Crippen LogP contribution in [0.2, 0.25) is 0 Å². The van der Waals surface area contributed by atoms with Crippen LogP contribution in [0, 0.1) is 0 Å². The molecule has 1 rings (SSSR count). The van der Waals surface area contributed by atoms with Crippen LogP contribution in [0.15, 0.2) is 12.1 Å². The third kappa shape index (κ3) is 6.54. The van der Waals surface area contributed by atoms with Crippen molar-refractivity contribution in [3.63, 3.8) is 0 Å². The first kappa shape index (κ1) is 17.4. The summed E-state index contributed by atoms with van der Waals surface area (Å²) in [5.41, 5.74) is -0.875. The van der Waals surface area contributed by atoms with E-state index < -0.39 is 24.3 Å². The minimum absolute atomic E-state index is 0.0267. The summed E-state index contributed by atoms with van der Waals surface area (Å²) in [5, 5.41) is 5.10. The first-order valence-corrected chi connectivity index (χ1v) is 6.19. The number of hydrogen-bond acceptors (Lipinski definition) is 3. The van der Waals surface area contributed by atoms with Crippen molar-refractivity contribution in [1.29, 1.82) is 0 Å². The van der Waals surface area contributed by atoms with E-state index in [4.69, 9.17) is 0 Å². The lowest BCUT2D eigenvalue weighted by Gasteiger charge is -2.12.